The molecule has 1 aromatic heterocycles. The highest BCUT2D eigenvalue weighted by molar-refractivity contribution is 5.64. The van der Waals surface area contributed by atoms with E-state index in [9.17, 15) is 0 Å². The third-order valence-electron chi connectivity index (χ3n) is 8.38. The van der Waals surface area contributed by atoms with E-state index in [1.807, 2.05) is 30.3 Å². The van der Waals surface area contributed by atoms with Gasteiger partial charge in [0.25, 0.3) is 5.82 Å². The van der Waals surface area contributed by atoms with Crippen LogP contribution < -0.4 is 9.30 Å². The van der Waals surface area contributed by atoms with Crippen LogP contribution in [0, 0.1) is 0 Å². The van der Waals surface area contributed by atoms with Gasteiger partial charge in [0.1, 0.15) is 36.1 Å². The van der Waals surface area contributed by atoms with E-state index >= 15 is 0 Å². The van der Waals surface area contributed by atoms with Crippen LogP contribution in [0.4, 0.5) is 0 Å². The summed E-state index contributed by atoms with van der Waals surface area (Å²) >= 11 is 0. The van der Waals surface area contributed by atoms with Crippen LogP contribution >= 0.6 is 0 Å². The summed E-state index contributed by atoms with van der Waals surface area (Å²) in [5.74, 6) is 3.54. The monoisotopic (exact) mass is 571 g/mol. The second-order valence-electron chi connectivity index (χ2n) is 12.8. The summed E-state index contributed by atoms with van der Waals surface area (Å²) in [5.41, 5.74) is 10.3. The Bertz CT molecular complexity index is 1540. The Labute approximate surface area is 258 Å². The molecule has 0 fully saturated rings. The Morgan fingerprint density at radius 2 is 1.09 bits per heavy atom. The van der Waals surface area contributed by atoms with Crippen molar-refractivity contribution in [3.8, 4) is 28.5 Å². The minimum Gasteiger partial charge on any atom is -0.489 e. The standard InChI is InChI=1S/C40H47N2O/c1-27(2)33-20-14-21-34(28(3)4)38(33)41-24-25-42(39-35(29(5)6)22-15-23-36(39)30(7)8)40(41)37-19-13-12-16-31(37)26-43-32-17-10-9-11-18-32/h9-25,27-30H,26H2,1-8H3/q+1. The van der Waals surface area contributed by atoms with Crippen molar-refractivity contribution in [3.05, 3.63) is 131 Å². The first kappa shape index (κ1) is 30.4. The van der Waals surface area contributed by atoms with Crippen molar-refractivity contribution in [1.29, 1.82) is 0 Å². The molecule has 0 radical (unpaired) electrons. The van der Waals surface area contributed by atoms with Crippen LogP contribution in [0.15, 0.2) is 103 Å². The zero-order chi connectivity index (χ0) is 30.7. The Balaban J connectivity index is 1.85. The maximum atomic E-state index is 6.35. The van der Waals surface area contributed by atoms with Gasteiger partial charge in [-0.3, -0.25) is 0 Å². The van der Waals surface area contributed by atoms with Gasteiger partial charge < -0.3 is 4.74 Å². The number of ether oxygens (including phenoxy) is 1. The van der Waals surface area contributed by atoms with E-state index in [0.29, 0.717) is 30.3 Å². The molecule has 0 aliphatic carbocycles. The first-order valence-electron chi connectivity index (χ1n) is 15.8. The quantitative estimate of drug-likeness (QED) is 0.153. The molecule has 0 bridgehead atoms. The van der Waals surface area contributed by atoms with Gasteiger partial charge in [-0.25, -0.2) is 0 Å². The molecule has 3 nitrogen and oxygen atoms in total. The van der Waals surface area contributed by atoms with Gasteiger partial charge in [0.05, 0.1) is 5.56 Å². The summed E-state index contributed by atoms with van der Waals surface area (Å²) in [5, 5.41) is 0. The smallest absolute Gasteiger partial charge is 0.299 e. The van der Waals surface area contributed by atoms with Crippen molar-refractivity contribution in [2.24, 2.45) is 0 Å². The molecule has 0 saturated carbocycles. The van der Waals surface area contributed by atoms with Crippen LogP contribution in [-0.4, -0.2) is 4.57 Å². The minimum absolute atomic E-state index is 0.378. The molecule has 43 heavy (non-hydrogen) atoms. The van der Waals surface area contributed by atoms with Crippen LogP contribution in [-0.2, 0) is 6.61 Å². The first-order chi connectivity index (χ1) is 20.7. The Hall–Kier alpha value is -4.11. The summed E-state index contributed by atoms with van der Waals surface area (Å²) in [7, 11) is 0. The maximum Gasteiger partial charge on any atom is 0.299 e. The molecule has 3 heteroatoms. The summed E-state index contributed by atoms with van der Waals surface area (Å²) in [6.07, 6.45) is 4.55. The second-order valence-corrected chi connectivity index (χ2v) is 12.8. The van der Waals surface area contributed by atoms with Gasteiger partial charge in [-0.05, 0) is 41.9 Å². The van der Waals surface area contributed by atoms with Gasteiger partial charge in [-0.15, -0.1) is 0 Å². The van der Waals surface area contributed by atoms with Crippen molar-refractivity contribution in [3.63, 3.8) is 0 Å². The van der Waals surface area contributed by atoms with Gasteiger partial charge in [0.15, 0.2) is 0 Å². The highest BCUT2D eigenvalue weighted by Gasteiger charge is 2.32. The molecular formula is C40H47N2O+. The lowest BCUT2D eigenvalue weighted by molar-refractivity contribution is -0.584. The van der Waals surface area contributed by atoms with E-state index in [1.165, 1.54) is 39.2 Å². The van der Waals surface area contributed by atoms with E-state index < -0.39 is 0 Å². The van der Waals surface area contributed by atoms with E-state index in [0.717, 1.165) is 17.1 Å². The number of rotatable bonds is 10. The minimum atomic E-state index is 0.378. The molecule has 0 aliphatic heterocycles. The lowest BCUT2D eigenvalue weighted by Gasteiger charge is -2.20. The number of para-hydroxylation sites is 3. The lowest BCUT2D eigenvalue weighted by atomic mass is 9.91. The van der Waals surface area contributed by atoms with Gasteiger partial charge >= 0.3 is 0 Å². The fourth-order valence-corrected chi connectivity index (χ4v) is 6.13. The summed E-state index contributed by atoms with van der Waals surface area (Å²) in [6.45, 7) is 18.9. The van der Waals surface area contributed by atoms with Crippen molar-refractivity contribution < 1.29 is 9.30 Å². The third kappa shape index (κ3) is 6.18. The molecule has 0 saturated heterocycles. The lowest BCUT2D eigenvalue weighted by Crippen LogP contribution is -2.35. The van der Waals surface area contributed by atoms with E-state index in [2.05, 4.69) is 138 Å². The molecule has 0 atom stereocenters. The van der Waals surface area contributed by atoms with Crippen molar-refractivity contribution in [2.45, 2.75) is 85.7 Å². The second kappa shape index (κ2) is 13.0. The molecule has 4 aromatic carbocycles. The molecule has 222 valence electrons. The number of imidazole rings is 1. The zero-order valence-corrected chi connectivity index (χ0v) is 27.1. The average Bonchev–Trinajstić information content (AvgIpc) is 3.44. The average molecular weight is 572 g/mol. The maximum absolute atomic E-state index is 6.35. The number of benzene rings is 4. The highest BCUT2D eigenvalue weighted by Crippen LogP contribution is 2.36. The molecule has 5 rings (SSSR count). The fraction of sp³-hybridized carbons (Fsp3) is 0.325. The van der Waals surface area contributed by atoms with Gasteiger partial charge in [-0.1, -0.05) is 128 Å². The number of aromatic nitrogens is 2. The van der Waals surface area contributed by atoms with Gasteiger partial charge in [-0.2, -0.15) is 9.13 Å². The van der Waals surface area contributed by atoms with Crippen LogP contribution in [0.3, 0.4) is 0 Å². The van der Waals surface area contributed by atoms with E-state index in [4.69, 9.17) is 4.74 Å². The zero-order valence-electron chi connectivity index (χ0n) is 27.1. The fourth-order valence-electron chi connectivity index (χ4n) is 6.13. The molecule has 0 unspecified atom stereocenters. The molecular weight excluding hydrogens is 524 g/mol. The molecule has 0 spiro atoms. The van der Waals surface area contributed by atoms with Gasteiger partial charge in [0, 0.05) is 27.8 Å². The predicted octanol–water partition coefficient (Wildman–Crippen LogP) is 10.5. The number of nitrogens with zero attached hydrogens (tertiary/aromatic N) is 2. The number of hydrogen-bond donors (Lipinski definition) is 0. The van der Waals surface area contributed by atoms with Crippen molar-refractivity contribution in [2.75, 3.05) is 0 Å². The molecule has 0 amide bonds. The highest BCUT2D eigenvalue weighted by atomic mass is 16.5. The Morgan fingerprint density at radius 3 is 1.65 bits per heavy atom. The first-order valence-corrected chi connectivity index (χ1v) is 15.8. The number of hydrogen-bond acceptors (Lipinski definition) is 1. The van der Waals surface area contributed by atoms with E-state index in [-0.39, 0.29) is 0 Å². The molecule has 5 aromatic rings. The molecule has 0 N–H and O–H groups in total. The van der Waals surface area contributed by atoms with Crippen molar-refractivity contribution in [1.82, 2.24) is 4.57 Å². The summed E-state index contributed by atoms with van der Waals surface area (Å²) in [6, 6.07) is 32.5. The largest absolute Gasteiger partial charge is 0.489 e. The van der Waals surface area contributed by atoms with Crippen LogP contribution in [0.25, 0.3) is 22.8 Å². The Morgan fingerprint density at radius 1 is 0.581 bits per heavy atom. The SMILES string of the molecule is CC(C)c1cccc(C(C)C)c1-n1cc[n+](-c2c(C(C)C)cccc2C(C)C)c1-c1ccccc1COc1ccccc1. The molecule has 1 heterocycles. The van der Waals surface area contributed by atoms with Crippen molar-refractivity contribution >= 4 is 0 Å². The topological polar surface area (TPSA) is 18.0 Å². The van der Waals surface area contributed by atoms with Crippen LogP contribution in [0.1, 0.15) is 107 Å². The summed E-state index contributed by atoms with van der Waals surface area (Å²) in [4.78, 5) is 0. The normalized spacial score (nSPS) is 11.7. The van der Waals surface area contributed by atoms with Crippen LogP contribution in [0.2, 0.25) is 0 Å². The Kier molecular flexibility index (Phi) is 9.20. The third-order valence-corrected chi connectivity index (χ3v) is 8.38. The summed E-state index contributed by atoms with van der Waals surface area (Å²) < 4.78 is 11.3. The van der Waals surface area contributed by atoms with E-state index in [1.54, 1.807) is 0 Å². The predicted molar refractivity (Wildman–Crippen MR) is 180 cm³/mol. The van der Waals surface area contributed by atoms with Crippen LogP contribution in [0.5, 0.6) is 5.75 Å². The molecule has 0 aliphatic rings. The van der Waals surface area contributed by atoms with Gasteiger partial charge in [0.2, 0.25) is 0 Å².